The molecular formula is C26H29N3O2. The molecule has 31 heavy (non-hydrogen) atoms. The number of carbonyl (C=O) groups is 2. The Labute approximate surface area is 184 Å². The average Bonchev–Trinajstić information content (AvgIpc) is 2.79. The summed E-state index contributed by atoms with van der Waals surface area (Å²) in [6, 6.07) is 26.7. The van der Waals surface area contributed by atoms with Crippen LogP contribution in [0.25, 0.3) is 0 Å². The van der Waals surface area contributed by atoms with E-state index in [0.717, 1.165) is 22.4 Å². The number of nitrogens with zero attached hydrogens (tertiary/aromatic N) is 1. The number of aryl methyl sites for hydroxylation is 1. The molecule has 0 saturated carbocycles. The van der Waals surface area contributed by atoms with Gasteiger partial charge in [-0.2, -0.15) is 0 Å². The fourth-order valence-electron chi connectivity index (χ4n) is 3.31. The Bertz CT molecular complexity index is 949. The third kappa shape index (κ3) is 6.27. The zero-order valence-corrected chi connectivity index (χ0v) is 18.2. The van der Waals surface area contributed by atoms with Crippen molar-refractivity contribution in [3.05, 3.63) is 102 Å². The second-order valence-corrected chi connectivity index (χ2v) is 7.77. The maximum absolute atomic E-state index is 13.0. The molecule has 0 radical (unpaired) electrons. The van der Waals surface area contributed by atoms with Crippen molar-refractivity contribution >= 4 is 17.5 Å². The van der Waals surface area contributed by atoms with Crippen molar-refractivity contribution in [3.63, 3.8) is 0 Å². The molecule has 5 heteroatoms. The minimum Gasteiger partial charge on any atom is -0.344 e. The summed E-state index contributed by atoms with van der Waals surface area (Å²) in [7, 11) is 1.78. The van der Waals surface area contributed by atoms with Crippen molar-refractivity contribution in [1.29, 1.82) is 0 Å². The van der Waals surface area contributed by atoms with Gasteiger partial charge in [-0.1, -0.05) is 78.4 Å². The number of benzene rings is 3. The number of hydrogen-bond donors (Lipinski definition) is 2. The van der Waals surface area contributed by atoms with Gasteiger partial charge in [0, 0.05) is 5.69 Å². The van der Waals surface area contributed by atoms with Gasteiger partial charge in [0.2, 0.25) is 11.8 Å². The fraction of sp³-hybridized carbons (Fsp3) is 0.231. The van der Waals surface area contributed by atoms with E-state index in [1.165, 1.54) is 0 Å². The molecule has 3 aromatic rings. The molecule has 0 bridgehead atoms. The van der Waals surface area contributed by atoms with Crippen LogP contribution >= 0.6 is 0 Å². The smallest absolute Gasteiger partial charge is 0.238 e. The maximum Gasteiger partial charge on any atom is 0.238 e. The summed E-state index contributed by atoms with van der Waals surface area (Å²) in [5.41, 5.74) is 3.89. The normalized spacial score (nSPS) is 11.9. The van der Waals surface area contributed by atoms with Crippen molar-refractivity contribution in [2.24, 2.45) is 0 Å². The molecule has 2 N–H and O–H groups in total. The minimum absolute atomic E-state index is 0.115. The summed E-state index contributed by atoms with van der Waals surface area (Å²) in [4.78, 5) is 27.2. The predicted molar refractivity (Wildman–Crippen MR) is 125 cm³/mol. The standard InChI is InChI=1S/C26H29N3O2/c1-19-14-16-23(17-15-19)27-24(30)18-29(3)20(2)26(31)28-25(21-10-6-4-7-11-21)22-12-8-5-9-13-22/h4-17,20,25H,18H2,1-3H3,(H,27,30)(H,28,31)/t20-/m0/s1. The van der Waals surface area contributed by atoms with E-state index in [1.807, 2.05) is 98.8 Å². The molecule has 160 valence electrons. The summed E-state index contributed by atoms with van der Waals surface area (Å²) in [6.07, 6.45) is 0. The minimum atomic E-state index is -0.473. The summed E-state index contributed by atoms with van der Waals surface area (Å²) in [5, 5.41) is 6.02. The Kier molecular flexibility index (Phi) is 7.57. The first kappa shape index (κ1) is 22.2. The van der Waals surface area contributed by atoms with E-state index in [-0.39, 0.29) is 24.4 Å². The molecule has 0 fully saturated rings. The van der Waals surface area contributed by atoms with Gasteiger partial charge in [-0.3, -0.25) is 14.5 Å². The molecule has 3 rings (SSSR count). The van der Waals surface area contributed by atoms with Crippen LogP contribution in [0.15, 0.2) is 84.9 Å². The maximum atomic E-state index is 13.0. The van der Waals surface area contributed by atoms with Crippen molar-refractivity contribution in [2.75, 3.05) is 18.9 Å². The summed E-state index contributed by atoms with van der Waals surface area (Å²) >= 11 is 0. The molecular weight excluding hydrogens is 386 g/mol. The van der Waals surface area contributed by atoms with Gasteiger partial charge in [0.1, 0.15) is 0 Å². The van der Waals surface area contributed by atoms with Gasteiger partial charge in [0.25, 0.3) is 0 Å². The van der Waals surface area contributed by atoms with Gasteiger partial charge in [-0.05, 0) is 44.2 Å². The lowest BCUT2D eigenvalue weighted by Gasteiger charge is -2.27. The van der Waals surface area contributed by atoms with Crippen LogP contribution in [0.4, 0.5) is 5.69 Å². The highest BCUT2D eigenvalue weighted by molar-refractivity contribution is 5.92. The second kappa shape index (κ2) is 10.5. The third-order valence-electron chi connectivity index (χ3n) is 5.32. The van der Waals surface area contributed by atoms with Crippen LogP contribution in [0.2, 0.25) is 0 Å². The third-order valence-corrected chi connectivity index (χ3v) is 5.32. The van der Waals surface area contributed by atoms with E-state index in [2.05, 4.69) is 10.6 Å². The van der Waals surface area contributed by atoms with Crippen LogP contribution in [0.1, 0.15) is 29.7 Å². The van der Waals surface area contributed by atoms with Crippen LogP contribution in [0.5, 0.6) is 0 Å². The number of amides is 2. The summed E-state index contributed by atoms with van der Waals surface area (Å²) in [5.74, 6) is -0.294. The topological polar surface area (TPSA) is 61.4 Å². The van der Waals surface area contributed by atoms with Crippen molar-refractivity contribution < 1.29 is 9.59 Å². The lowest BCUT2D eigenvalue weighted by Crippen LogP contribution is -2.47. The number of nitrogens with one attached hydrogen (secondary N) is 2. The highest BCUT2D eigenvalue weighted by atomic mass is 16.2. The highest BCUT2D eigenvalue weighted by Crippen LogP contribution is 2.22. The molecule has 0 aliphatic rings. The van der Waals surface area contributed by atoms with Crippen LogP contribution in [-0.2, 0) is 9.59 Å². The highest BCUT2D eigenvalue weighted by Gasteiger charge is 2.24. The van der Waals surface area contributed by atoms with E-state index in [0.29, 0.717) is 0 Å². The van der Waals surface area contributed by atoms with E-state index >= 15 is 0 Å². The van der Waals surface area contributed by atoms with Gasteiger partial charge >= 0.3 is 0 Å². The largest absolute Gasteiger partial charge is 0.344 e. The molecule has 0 unspecified atom stereocenters. The quantitative estimate of drug-likeness (QED) is 0.581. The molecule has 0 spiro atoms. The molecule has 0 aromatic heterocycles. The van der Waals surface area contributed by atoms with Gasteiger partial charge in [-0.15, -0.1) is 0 Å². The number of likely N-dealkylation sites (N-methyl/N-ethyl adjacent to an activating group) is 1. The van der Waals surface area contributed by atoms with Crippen LogP contribution in [-0.4, -0.2) is 36.3 Å². The lowest BCUT2D eigenvalue weighted by molar-refractivity contribution is -0.127. The number of anilines is 1. The first-order valence-corrected chi connectivity index (χ1v) is 10.4. The molecule has 5 nitrogen and oxygen atoms in total. The monoisotopic (exact) mass is 415 g/mol. The molecule has 3 aromatic carbocycles. The molecule has 0 aliphatic heterocycles. The number of rotatable bonds is 8. The van der Waals surface area contributed by atoms with E-state index in [1.54, 1.807) is 11.9 Å². The van der Waals surface area contributed by atoms with Crippen LogP contribution < -0.4 is 10.6 Å². The van der Waals surface area contributed by atoms with Gasteiger partial charge in [0.15, 0.2) is 0 Å². The first-order chi connectivity index (χ1) is 14.9. The van der Waals surface area contributed by atoms with E-state index in [9.17, 15) is 9.59 Å². The van der Waals surface area contributed by atoms with Gasteiger partial charge < -0.3 is 10.6 Å². The van der Waals surface area contributed by atoms with Crippen LogP contribution in [0.3, 0.4) is 0 Å². The molecule has 2 amide bonds. The SMILES string of the molecule is Cc1ccc(NC(=O)CN(C)[C@@H](C)C(=O)NC(c2ccccc2)c2ccccc2)cc1. The Morgan fingerprint density at radius 2 is 1.35 bits per heavy atom. The van der Waals surface area contributed by atoms with Crippen molar-refractivity contribution in [3.8, 4) is 0 Å². The van der Waals surface area contributed by atoms with E-state index < -0.39 is 6.04 Å². The zero-order valence-electron chi connectivity index (χ0n) is 18.2. The van der Waals surface area contributed by atoms with Gasteiger partial charge in [-0.25, -0.2) is 0 Å². The molecule has 0 aliphatic carbocycles. The van der Waals surface area contributed by atoms with Crippen LogP contribution in [0, 0.1) is 6.92 Å². The van der Waals surface area contributed by atoms with Crippen molar-refractivity contribution in [2.45, 2.75) is 25.9 Å². The second-order valence-electron chi connectivity index (χ2n) is 7.77. The summed E-state index contributed by atoms with van der Waals surface area (Å²) in [6.45, 7) is 3.92. The Morgan fingerprint density at radius 1 is 0.839 bits per heavy atom. The predicted octanol–water partition coefficient (Wildman–Crippen LogP) is 4.16. The fourth-order valence-corrected chi connectivity index (χ4v) is 3.31. The van der Waals surface area contributed by atoms with Gasteiger partial charge in [0.05, 0.1) is 18.6 Å². The molecule has 0 heterocycles. The number of carbonyl (C=O) groups excluding carboxylic acids is 2. The molecule has 0 saturated heterocycles. The Morgan fingerprint density at radius 3 is 1.87 bits per heavy atom. The summed E-state index contributed by atoms with van der Waals surface area (Å²) < 4.78 is 0. The average molecular weight is 416 g/mol. The Hall–Kier alpha value is -3.44. The van der Waals surface area contributed by atoms with Crippen molar-refractivity contribution in [1.82, 2.24) is 10.2 Å². The lowest BCUT2D eigenvalue weighted by atomic mass is 9.98. The number of hydrogen-bond acceptors (Lipinski definition) is 3. The first-order valence-electron chi connectivity index (χ1n) is 10.4. The molecule has 1 atom stereocenters. The van der Waals surface area contributed by atoms with E-state index in [4.69, 9.17) is 0 Å². The zero-order chi connectivity index (χ0) is 22.2. The Balaban J connectivity index is 1.64.